The quantitative estimate of drug-likeness (QED) is 0.812. The number of rotatable bonds is 4. The van der Waals surface area contributed by atoms with Crippen molar-refractivity contribution in [1.82, 2.24) is 14.8 Å². The number of benzene rings is 1. The van der Waals surface area contributed by atoms with Crippen molar-refractivity contribution in [3.05, 3.63) is 52.0 Å². The molecule has 1 amide bonds. The topological polar surface area (TPSA) is 45.7 Å². The van der Waals surface area contributed by atoms with Gasteiger partial charge in [0.05, 0.1) is 30.3 Å². The van der Waals surface area contributed by atoms with Gasteiger partial charge in [-0.25, -0.2) is 4.98 Å². The molecule has 2 fully saturated rings. The maximum atomic E-state index is 12.7. The smallest absolute Gasteiger partial charge is 0.226 e. The first-order chi connectivity index (χ1) is 13.1. The maximum Gasteiger partial charge on any atom is 0.226 e. The summed E-state index contributed by atoms with van der Waals surface area (Å²) in [7, 11) is 0. The average molecular weight is 386 g/mol. The molecule has 0 radical (unpaired) electrons. The first-order valence-electron chi connectivity index (χ1n) is 9.70. The van der Waals surface area contributed by atoms with E-state index in [1.54, 1.807) is 11.3 Å². The zero-order chi connectivity index (χ0) is 18.7. The number of carbonyl (C=O) groups excluding carboxylic acids is 1. The van der Waals surface area contributed by atoms with Crippen LogP contribution in [0, 0.1) is 6.92 Å². The van der Waals surface area contributed by atoms with Crippen LogP contribution in [0.5, 0.6) is 0 Å². The molecule has 0 aliphatic carbocycles. The molecule has 1 spiro atoms. The van der Waals surface area contributed by atoms with Gasteiger partial charge in [0.15, 0.2) is 0 Å². The molecule has 1 aromatic heterocycles. The molecular formula is C21H27N3O2S. The zero-order valence-electron chi connectivity index (χ0n) is 15.9. The van der Waals surface area contributed by atoms with Crippen LogP contribution in [0.4, 0.5) is 0 Å². The van der Waals surface area contributed by atoms with Crippen molar-refractivity contribution in [2.24, 2.45) is 0 Å². The molecule has 2 aromatic rings. The van der Waals surface area contributed by atoms with Crippen molar-refractivity contribution in [3.63, 3.8) is 0 Å². The van der Waals surface area contributed by atoms with E-state index in [-0.39, 0.29) is 11.4 Å². The molecule has 0 unspecified atom stereocenters. The maximum absolute atomic E-state index is 12.7. The van der Waals surface area contributed by atoms with Gasteiger partial charge in [0.25, 0.3) is 0 Å². The third kappa shape index (κ3) is 4.23. The number of ether oxygens (including phenoxy) is 1. The lowest BCUT2D eigenvalue weighted by Crippen LogP contribution is -2.61. The molecule has 3 heterocycles. The number of piperidine rings is 1. The summed E-state index contributed by atoms with van der Waals surface area (Å²) in [4.78, 5) is 21.9. The second-order valence-corrected chi connectivity index (χ2v) is 8.66. The highest BCUT2D eigenvalue weighted by Gasteiger charge is 2.43. The molecule has 2 aliphatic heterocycles. The van der Waals surface area contributed by atoms with E-state index in [1.807, 2.05) is 35.2 Å². The largest absolute Gasteiger partial charge is 0.378 e. The molecule has 4 rings (SSSR count). The molecule has 1 aromatic carbocycles. The summed E-state index contributed by atoms with van der Waals surface area (Å²) >= 11 is 1.71. The highest BCUT2D eigenvalue weighted by atomic mass is 32.1. The van der Waals surface area contributed by atoms with Gasteiger partial charge in [0, 0.05) is 37.1 Å². The van der Waals surface area contributed by atoms with Gasteiger partial charge in [0.1, 0.15) is 0 Å². The van der Waals surface area contributed by atoms with Crippen LogP contribution in [0.1, 0.15) is 29.1 Å². The lowest BCUT2D eigenvalue weighted by Gasteiger charge is -2.51. The molecule has 0 N–H and O–H groups in total. The van der Waals surface area contributed by atoms with Crippen molar-refractivity contribution in [2.75, 3.05) is 32.8 Å². The third-order valence-corrected chi connectivity index (χ3v) is 6.63. The summed E-state index contributed by atoms with van der Waals surface area (Å²) in [6.45, 7) is 7.03. The normalized spacial score (nSPS) is 20.1. The lowest BCUT2D eigenvalue weighted by atomic mass is 9.85. The predicted octanol–water partition coefficient (Wildman–Crippen LogP) is 2.89. The molecule has 0 bridgehead atoms. The monoisotopic (exact) mass is 385 g/mol. The van der Waals surface area contributed by atoms with Crippen LogP contribution in [-0.2, 0) is 22.5 Å². The molecule has 2 aliphatic rings. The number of aryl methyl sites for hydroxylation is 1. The van der Waals surface area contributed by atoms with Crippen LogP contribution in [0.2, 0.25) is 0 Å². The number of nitrogens with zero attached hydrogens (tertiary/aromatic N) is 3. The number of amides is 1. The van der Waals surface area contributed by atoms with E-state index < -0.39 is 0 Å². The third-order valence-electron chi connectivity index (χ3n) is 5.81. The second kappa shape index (κ2) is 8.09. The van der Waals surface area contributed by atoms with E-state index in [9.17, 15) is 4.79 Å². The number of hydrogen-bond acceptors (Lipinski definition) is 5. The van der Waals surface area contributed by atoms with Gasteiger partial charge in [-0.1, -0.05) is 30.3 Å². The molecule has 0 atom stereocenters. The number of morpholine rings is 1. The van der Waals surface area contributed by atoms with Crippen molar-refractivity contribution >= 4 is 17.2 Å². The predicted molar refractivity (Wildman–Crippen MR) is 107 cm³/mol. The van der Waals surface area contributed by atoms with Crippen LogP contribution in [0.25, 0.3) is 0 Å². The van der Waals surface area contributed by atoms with Crippen LogP contribution >= 0.6 is 11.3 Å². The summed E-state index contributed by atoms with van der Waals surface area (Å²) in [5.41, 5.74) is 2.28. The van der Waals surface area contributed by atoms with Crippen molar-refractivity contribution < 1.29 is 9.53 Å². The van der Waals surface area contributed by atoms with Crippen LogP contribution in [0.3, 0.4) is 0 Å². The summed E-state index contributed by atoms with van der Waals surface area (Å²) in [6.07, 6.45) is 2.43. The second-order valence-electron chi connectivity index (χ2n) is 7.60. The Hall–Kier alpha value is -1.76. The fourth-order valence-electron chi connectivity index (χ4n) is 4.20. The lowest BCUT2D eigenvalue weighted by molar-refractivity contribution is -0.138. The molecular weight excluding hydrogens is 358 g/mol. The highest BCUT2D eigenvalue weighted by Crippen LogP contribution is 2.33. The Morgan fingerprint density at radius 1 is 1.22 bits per heavy atom. The minimum absolute atomic E-state index is 0.0410. The summed E-state index contributed by atoms with van der Waals surface area (Å²) in [6, 6.07) is 10.0. The summed E-state index contributed by atoms with van der Waals surface area (Å²) < 4.78 is 5.86. The fourth-order valence-corrected chi connectivity index (χ4v) is 4.81. The van der Waals surface area contributed by atoms with Gasteiger partial charge in [-0.05, 0) is 25.3 Å². The number of aromatic nitrogens is 1. The Morgan fingerprint density at radius 2 is 2.00 bits per heavy atom. The van der Waals surface area contributed by atoms with E-state index in [4.69, 9.17) is 4.74 Å². The van der Waals surface area contributed by atoms with Crippen LogP contribution < -0.4 is 0 Å². The molecule has 5 nitrogen and oxygen atoms in total. The van der Waals surface area contributed by atoms with E-state index in [0.29, 0.717) is 6.42 Å². The van der Waals surface area contributed by atoms with E-state index >= 15 is 0 Å². The molecule has 0 saturated carbocycles. The van der Waals surface area contributed by atoms with Gasteiger partial charge >= 0.3 is 0 Å². The Labute approximate surface area is 165 Å². The first kappa shape index (κ1) is 18.6. The average Bonchev–Trinajstić information content (AvgIpc) is 3.10. The highest BCUT2D eigenvalue weighted by molar-refractivity contribution is 7.09. The number of likely N-dealkylation sites (tertiary alicyclic amines) is 1. The fraction of sp³-hybridized carbons (Fsp3) is 0.524. The van der Waals surface area contributed by atoms with Gasteiger partial charge in [-0.2, -0.15) is 0 Å². The standard InChI is InChI=1S/C21H27N3O2S/c1-17-22-19(15-27-17)14-24-11-12-26-16-21(24)7-9-23(10-8-21)20(25)13-18-5-3-2-4-6-18/h2-6,15H,7-14,16H2,1H3. The van der Waals surface area contributed by atoms with Gasteiger partial charge in [-0.3, -0.25) is 9.69 Å². The van der Waals surface area contributed by atoms with Crippen molar-refractivity contribution in [3.8, 4) is 0 Å². The Morgan fingerprint density at radius 3 is 2.70 bits per heavy atom. The molecule has 6 heteroatoms. The molecule has 2 saturated heterocycles. The van der Waals surface area contributed by atoms with Gasteiger partial charge in [0.2, 0.25) is 5.91 Å². The zero-order valence-corrected chi connectivity index (χ0v) is 16.7. The van der Waals surface area contributed by atoms with Gasteiger partial charge in [-0.15, -0.1) is 11.3 Å². The van der Waals surface area contributed by atoms with E-state index in [1.165, 1.54) is 0 Å². The minimum atomic E-state index is 0.0410. The summed E-state index contributed by atoms with van der Waals surface area (Å²) in [5.74, 6) is 0.231. The van der Waals surface area contributed by atoms with Crippen molar-refractivity contribution in [1.29, 1.82) is 0 Å². The SMILES string of the molecule is Cc1nc(CN2CCOCC23CCN(C(=O)Cc2ccccc2)CC3)cs1. The number of thiazole rings is 1. The van der Waals surface area contributed by atoms with Gasteiger partial charge < -0.3 is 9.64 Å². The van der Waals surface area contributed by atoms with Crippen LogP contribution in [0.15, 0.2) is 35.7 Å². The van der Waals surface area contributed by atoms with Crippen molar-refractivity contribution in [2.45, 2.75) is 38.3 Å². The van der Waals surface area contributed by atoms with Crippen LogP contribution in [-0.4, -0.2) is 59.1 Å². The molecule has 144 valence electrons. The molecule has 27 heavy (non-hydrogen) atoms. The van der Waals surface area contributed by atoms with E-state index in [0.717, 1.165) is 68.5 Å². The Kier molecular flexibility index (Phi) is 5.57. The van der Waals surface area contributed by atoms with E-state index in [2.05, 4.69) is 22.2 Å². The number of hydrogen-bond donors (Lipinski definition) is 0. The minimum Gasteiger partial charge on any atom is -0.378 e. The number of carbonyl (C=O) groups is 1. The Bertz CT molecular complexity index is 769. The first-order valence-corrected chi connectivity index (χ1v) is 10.6. The Balaban J connectivity index is 1.38. The summed E-state index contributed by atoms with van der Waals surface area (Å²) in [5, 5.41) is 3.28.